The van der Waals surface area contributed by atoms with Crippen LogP contribution in [0, 0.1) is 11.6 Å². The van der Waals surface area contributed by atoms with Crippen LogP contribution in [0.25, 0.3) is 0 Å². The molecule has 1 heterocycles. The van der Waals surface area contributed by atoms with E-state index in [2.05, 4.69) is 9.97 Å². The minimum absolute atomic E-state index is 0.261. The van der Waals surface area contributed by atoms with Gasteiger partial charge in [-0.25, -0.2) is 13.8 Å². The number of rotatable bonds is 4. The van der Waals surface area contributed by atoms with Gasteiger partial charge in [0, 0.05) is 23.6 Å². The molecule has 0 amide bonds. The number of benzene rings is 1. The molecule has 6 heteroatoms. The van der Waals surface area contributed by atoms with E-state index >= 15 is 0 Å². The van der Waals surface area contributed by atoms with Crippen molar-refractivity contribution in [2.45, 2.75) is 10.9 Å². The highest BCUT2D eigenvalue weighted by Crippen LogP contribution is 2.23. The van der Waals surface area contributed by atoms with Gasteiger partial charge >= 0.3 is 0 Å². The van der Waals surface area contributed by atoms with E-state index in [1.807, 2.05) is 0 Å². The molecule has 94 valence electrons. The fourth-order valence-electron chi connectivity index (χ4n) is 1.31. The number of hydrogen-bond acceptors (Lipinski definition) is 4. The normalized spacial score (nSPS) is 10.4. The maximum atomic E-state index is 13.4. The summed E-state index contributed by atoms with van der Waals surface area (Å²) in [5.41, 5.74) is 0.284. The van der Waals surface area contributed by atoms with E-state index in [1.165, 1.54) is 31.0 Å². The zero-order valence-electron chi connectivity index (χ0n) is 9.56. The summed E-state index contributed by atoms with van der Waals surface area (Å²) >= 11 is 1.22. The predicted octanol–water partition coefficient (Wildman–Crippen LogP) is 3.06. The lowest BCUT2D eigenvalue weighted by atomic mass is 10.2. The Morgan fingerprint density at radius 3 is 2.89 bits per heavy atom. The largest absolute Gasteiger partial charge is 0.481 e. The number of thioether (sulfide) groups is 1. The maximum Gasteiger partial charge on any atom is 0.216 e. The number of halogens is 2. The fraction of sp³-hybridized carbons (Fsp3) is 0.167. The number of nitrogens with zero attached hydrogens (tertiary/aromatic N) is 2. The first-order valence-electron chi connectivity index (χ1n) is 5.13. The fourth-order valence-corrected chi connectivity index (χ4v) is 2.11. The van der Waals surface area contributed by atoms with Crippen LogP contribution in [0.5, 0.6) is 5.88 Å². The summed E-state index contributed by atoms with van der Waals surface area (Å²) in [5.74, 6) is -0.976. The molecular formula is C12H10F2N2OS. The molecule has 0 atom stereocenters. The lowest BCUT2D eigenvalue weighted by Gasteiger charge is -2.04. The summed E-state index contributed by atoms with van der Waals surface area (Å²) in [5, 5.41) is 0.456. The Hall–Kier alpha value is -1.69. The summed E-state index contributed by atoms with van der Waals surface area (Å²) in [6.45, 7) is 0. The van der Waals surface area contributed by atoms with Crippen molar-refractivity contribution in [3.63, 3.8) is 0 Å². The Balaban J connectivity index is 2.09. The summed E-state index contributed by atoms with van der Waals surface area (Å²) in [6.07, 6.45) is 1.55. The van der Waals surface area contributed by atoms with Crippen LogP contribution in [-0.2, 0) is 5.75 Å². The first-order valence-corrected chi connectivity index (χ1v) is 6.12. The van der Waals surface area contributed by atoms with Crippen molar-refractivity contribution >= 4 is 11.8 Å². The maximum absolute atomic E-state index is 13.4. The second kappa shape index (κ2) is 5.77. The Morgan fingerprint density at radius 1 is 1.28 bits per heavy atom. The third-order valence-corrected chi connectivity index (χ3v) is 3.12. The number of ether oxygens (including phenoxy) is 1. The molecule has 0 bridgehead atoms. The van der Waals surface area contributed by atoms with Crippen LogP contribution in [0.3, 0.4) is 0 Å². The minimum Gasteiger partial charge on any atom is -0.481 e. The van der Waals surface area contributed by atoms with E-state index < -0.39 is 11.6 Å². The zero-order chi connectivity index (χ0) is 13.0. The molecule has 0 saturated carbocycles. The summed E-state index contributed by atoms with van der Waals surface area (Å²) in [7, 11) is 1.50. The Labute approximate surface area is 107 Å². The topological polar surface area (TPSA) is 35.0 Å². The van der Waals surface area contributed by atoms with Crippen LogP contribution in [0.15, 0.2) is 35.6 Å². The van der Waals surface area contributed by atoms with Crippen LogP contribution in [0.4, 0.5) is 8.78 Å². The molecule has 0 aliphatic heterocycles. The first-order chi connectivity index (χ1) is 8.70. The van der Waals surface area contributed by atoms with Crippen LogP contribution >= 0.6 is 11.8 Å². The second-order valence-corrected chi connectivity index (χ2v) is 4.33. The molecule has 2 aromatic rings. The molecule has 0 fully saturated rings. The van der Waals surface area contributed by atoms with Gasteiger partial charge in [-0.1, -0.05) is 23.9 Å². The van der Waals surface area contributed by atoms with Gasteiger partial charge in [-0.3, -0.25) is 0 Å². The van der Waals surface area contributed by atoms with Gasteiger partial charge in [-0.05, 0) is 6.07 Å². The van der Waals surface area contributed by atoms with Gasteiger partial charge in [0.1, 0.15) is 0 Å². The van der Waals surface area contributed by atoms with Gasteiger partial charge < -0.3 is 4.74 Å². The molecule has 1 aromatic carbocycles. The Bertz CT molecular complexity index is 551. The quantitative estimate of drug-likeness (QED) is 0.630. The van der Waals surface area contributed by atoms with E-state index in [0.717, 1.165) is 6.07 Å². The van der Waals surface area contributed by atoms with E-state index in [1.54, 1.807) is 12.3 Å². The number of aromatic nitrogens is 2. The van der Waals surface area contributed by atoms with Crippen molar-refractivity contribution in [3.05, 3.63) is 47.7 Å². The van der Waals surface area contributed by atoms with Gasteiger partial charge in [-0.15, -0.1) is 0 Å². The third kappa shape index (κ3) is 2.95. The average molecular weight is 268 g/mol. The van der Waals surface area contributed by atoms with Crippen LogP contribution in [0.1, 0.15) is 5.56 Å². The SMILES string of the molecule is COc1ccnc(SCc2cccc(F)c2F)n1. The van der Waals surface area contributed by atoms with Gasteiger partial charge in [0.2, 0.25) is 5.88 Å². The lowest BCUT2D eigenvalue weighted by Crippen LogP contribution is -1.94. The molecule has 18 heavy (non-hydrogen) atoms. The van der Waals surface area contributed by atoms with Gasteiger partial charge in [-0.2, -0.15) is 4.98 Å². The van der Waals surface area contributed by atoms with Crippen molar-refractivity contribution in [1.29, 1.82) is 0 Å². The van der Waals surface area contributed by atoms with Gasteiger partial charge in [0.25, 0.3) is 0 Å². The molecule has 0 aliphatic rings. The van der Waals surface area contributed by atoms with Gasteiger partial charge in [0.15, 0.2) is 16.8 Å². The highest BCUT2D eigenvalue weighted by Gasteiger charge is 2.09. The molecule has 1 aromatic heterocycles. The molecule has 0 N–H and O–H groups in total. The molecule has 0 aliphatic carbocycles. The van der Waals surface area contributed by atoms with E-state index in [-0.39, 0.29) is 11.3 Å². The van der Waals surface area contributed by atoms with Crippen LogP contribution in [0.2, 0.25) is 0 Å². The van der Waals surface area contributed by atoms with Crippen molar-refractivity contribution < 1.29 is 13.5 Å². The van der Waals surface area contributed by atoms with E-state index in [0.29, 0.717) is 11.0 Å². The Morgan fingerprint density at radius 2 is 2.11 bits per heavy atom. The monoisotopic (exact) mass is 268 g/mol. The highest BCUT2D eigenvalue weighted by molar-refractivity contribution is 7.98. The second-order valence-electron chi connectivity index (χ2n) is 3.38. The number of methoxy groups -OCH3 is 1. The molecule has 0 radical (unpaired) electrons. The van der Waals surface area contributed by atoms with Crippen LogP contribution in [-0.4, -0.2) is 17.1 Å². The van der Waals surface area contributed by atoms with Crippen molar-refractivity contribution in [2.75, 3.05) is 7.11 Å². The predicted molar refractivity (Wildman–Crippen MR) is 64.5 cm³/mol. The first kappa shape index (κ1) is 12.8. The summed E-state index contributed by atoms with van der Waals surface area (Å²) < 4.78 is 31.3. The standard InChI is InChI=1S/C12H10F2N2OS/c1-17-10-5-6-15-12(16-10)18-7-8-3-2-4-9(13)11(8)14/h2-6H,7H2,1H3. The summed E-state index contributed by atoms with van der Waals surface area (Å²) in [4.78, 5) is 8.08. The minimum atomic E-state index is -0.848. The van der Waals surface area contributed by atoms with Crippen molar-refractivity contribution in [3.8, 4) is 5.88 Å². The third-order valence-electron chi connectivity index (χ3n) is 2.21. The van der Waals surface area contributed by atoms with Gasteiger partial charge in [0.05, 0.1) is 7.11 Å². The molecular weight excluding hydrogens is 258 g/mol. The van der Waals surface area contributed by atoms with E-state index in [4.69, 9.17) is 4.74 Å². The number of hydrogen-bond donors (Lipinski definition) is 0. The Kier molecular flexibility index (Phi) is 4.09. The zero-order valence-corrected chi connectivity index (χ0v) is 10.4. The molecule has 3 nitrogen and oxygen atoms in total. The smallest absolute Gasteiger partial charge is 0.216 e. The van der Waals surface area contributed by atoms with Crippen molar-refractivity contribution in [2.24, 2.45) is 0 Å². The molecule has 2 rings (SSSR count). The molecule has 0 unspecified atom stereocenters. The average Bonchev–Trinajstić information content (AvgIpc) is 2.41. The lowest BCUT2D eigenvalue weighted by molar-refractivity contribution is 0.392. The molecule has 0 spiro atoms. The van der Waals surface area contributed by atoms with Crippen molar-refractivity contribution in [1.82, 2.24) is 9.97 Å². The van der Waals surface area contributed by atoms with E-state index in [9.17, 15) is 8.78 Å². The summed E-state index contributed by atoms with van der Waals surface area (Å²) in [6, 6.07) is 5.71. The highest BCUT2D eigenvalue weighted by atomic mass is 32.2. The van der Waals surface area contributed by atoms with Crippen LogP contribution < -0.4 is 4.74 Å². The molecule has 0 saturated heterocycles.